The Morgan fingerprint density at radius 3 is 2.92 bits per heavy atom. The first-order valence-electron chi connectivity index (χ1n) is 7.68. The second-order valence-electron chi connectivity index (χ2n) is 5.63. The Morgan fingerprint density at radius 2 is 2.16 bits per heavy atom. The van der Waals surface area contributed by atoms with Crippen molar-refractivity contribution in [1.29, 1.82) is 0 Å². The van der Waals surface area contributed by atoms with Crippen LogP contribution in [0.25, 0.3) is 0 Å². The molecular weight excluding hydrogens is 324 g/mol. The molecule has 1 aromatic carbocycles. The Bertz CT molecular complexity index is 955. The van der Waals surface area contributed by atoms with E-state index in [4.69, 9.17) is 4.52 Å². The van der Waals surface area contributed by atoms with Crippen molar-refractivity contribution in [2.75, 3.05) is 16.8 Å². The largest absolute Gasteiger partial charge is 0.360 e. The molecule has 0 atom stereocenters. The van der Waals surface area contributed by atoms with Crippen LogP contribution in [-0.2, 0) is 6.42 Å². The van der Waals surface area contributed by atoms with E-state index >= 15 is 0 Å². The van der Waals surface area contributed by atoms with Crippen molar-refractivity contribution in [3.8, 4) is 0 Å². The van der Waals surface area contributed by atoms with Crippen molar-refractivity contribution in [2.24, 2.45) is 0 Å². The fourth-order valence-corrected chi connectivity index (χ4v) is 2.93. The number of aromatic nitrogens is 3. The Labute approximate surface area is 142 Å². The number of nitro groups is 1. The van der Waals surface area contributed by atoms with Gasteiger partial charge in [-0.15, -0.1) is 0 Å². The van der Waals surface area contributed by atoms with E-state index in [1.54, 1.807) is 13.0 Å². The summed E-state index contributed by atoms with van der Waals surface area (Å²) >= 11 is 0. The van der Waals surface area contributed by atoms with Crippen LogP contribution in [0.2, 0.25) is 0 Å². The molecule has 9 nitrogen and oxygen atoms in total. The SMILES string of the molecule is Cc1cc(Nc2ncnc(N3CCc4ccccc43)c2[N+](=O)[O-])no1. The molecule has 1 aliphatic rings. The molecule has 0 aliphatic carbocycles. The van der Waals surface area contributed by atoms with E-state index in [0.717, 1.165) is 17.7 Å². The number of nitrogens with one attached hydrogen (secondary N) is 1. The van der Waals surface area contributed by atoms with E-state index in [-0.39, 0.29) is 17.3 Å². The lowest BCUT2D eigenvalue weighted by atomic mass is 10.2. The minimum Gasteiger partial charge on any atom is -0.360 e. The molecule has 25 heavy (non-hydrogen) atoms. The first-order valence-corrected chi connectivity index (χ1v) is 7.68. The standard InChI is InChI=1S/C16H14N6O3/c1-10-8-13(20-25-10)19-15-14(22(23)24)16(18-9-17-15)21-7-6-11-4-2-3-5-12(11)21/h2-5,8-9H,6-7H2,1H3,(H,17,18,19,20). The Hall–Kier alpha value is -3.49. The van der Waals surface area contributed by atoms with Gasteiger partial charge in [0.15, 0.2) is 5.82 Å². The molecule has 4 rings (SSSR count). The molecule has 0 fully saturated rings. The van der Waals surface area contributed by atoms with Crippen LogP contribution in [0.3, 0.4) is 0 Å². The van der Waals surface area contributed by atoms with Crippen molar-refractivity contribution in [2.45, 2.75) is 13.3 Å². The summed E-state index contributed by atoms with van der Waals surface area (Å²) in [7, 11) is 0. The van der Waals surface area contributed by atoms with E-state index in [1.807, 2.05) is 29.2 Å². The zero-order chi connectivity index (χ0) is 17.4. The van der Waals surface area contributed by atoms with Crippen LogP contribution >= 0.6 is 0 Å². The summed E-state index contributed by atoms with van der Waals surface area (Å²) < 4.78 is 4.98. The maximum Gasteiger partial charge on any atom is 0.354 e. The Morgan fingerprint density at radius 1 is 1.32 bits per heavy atom. The summed E-state index contributed by atoms with van der Waals surface area (Å²) in [6, 6.07) is 9.44. The third kappa shape index (κ3) is 2.65. The van der Waals surface area contributed by atoms with Gasteiger partial charge in [-0.3, -0.25) is 10.1 Å². The second kappa shape index (κ2) is 5.86. The van der Waals surface area contributed by atoms with Crippen LogP contribution in [-0.4, -0.2) is 26.6 Å². The van der Waals surface area contributed by atoms with E-state index in [9.17, 15) is 10.1 Å². The molecule has 0 saturated carbocycles. The highest BCUT2D eigenvalue weighted by atomic mass is 16.6. The Balaban J connectivity index is 1.79. The molecule has 0 amide bonds. The van der Waals surface area contributed by atoms with Gasteiger partial charge in [0.1, 0.15) is 12.1 Å². The summed E-state index contributed by atoms with van der Waals surface area (Å²) in [5.41, 5.74) is 1.87. The molecule has 1 N–H and O–H groups in total. The van der Waals surface area contributed by atoms with Crippen molar-refractivity contribution in [3.05, 3.63) is 58.1 Å². The van der Waals surface area contributed by atoms with Crippen LogP contribution in [0.15, 0.2) is 41.2 Å². The second-order valence-corrected chi connectivity index (χ2v) is 5.63. The average Bonchev–Trinajstić information content (AvgIpc) is 3.20. The molecule has 3 aromatic rings. The fraction of sp³-hybridized carbons (Fsp3) is 0.188. The molecule has 9 heteroatoms. The molecule has 2 aromatic heterocycles. The van der Waals surface area contributed by atoms with Crippen LogP contribution in [0.4, 0.5) is 28.8 Å². The van der Waals surface area contributed by atoms with Gasteiger partial charge in [0.2, 0.25) is 11.6 Å². The molecule has 0 radical (unpaired) electrons. The number of hydrogen-bond acceptors (Lipinski definition) is 8. The number of anilines is 4. The predicted molar refractivity (Wildman–Crippen MR) is 90.4 cm³/mol. The van der Waals surface area contributed by atoms with Gasteiger partial charge in [-0.25, -0.2) is 9.97 Å². The molecular formula is C16H14N6O3. The predicted octanol–water partition coefficient (Wildman–Crippen LogP) is 3.12. The van der Waals surface area contributed by atoms with E-state index < -0.39 is 4.92 Å². The van der Waals surface area contributed by atoms with Gasteiger partial charge in [0, 0.05) is 18.3 Å². The summed E-state index contributed by atoms with van der Waals surface area (Å²) in [6.45, 7) is 2.36. The van der Waals surface area contributed by atoms with Gasteiger partial charge in [-0.1, -0.05) is 23.4 Å². The first-order chi connectivity index (χ1) is 12.1. The number of nitrogens with zero attached hydrogens (tertiary/aromatic N) is 5. The van der Waals surface area contributed by atoms with Crippen molar-refractivity contribution in [3.63, 3.8) is 0 Å². The van der Waals surface area contributed by atoms with Gasteiger partial charge in [-0.2, -0.15) is 0 Å². The Kier molecular flexibility index (Phi) is 3.53. The lowest BCUT2D eigenvalue weighted by molar-refractivity contribution is -0.383. The fourth-order valence-electron chi connectivity index (χ4n) is 2.93. The van der Waals surface area contributed by atoms with Crippen molar-refractivity contribution < 1.29 is 9.45 Å². The van der Waals surface area contributed by atoms with Crippen LogP contribution < -0.4 is 10.2 Å². The summed E-state index contributed by atoms with van der Waals surface area (Å²) in [4.78, 5) is 21.3. The minimum atomic E-state index is -0.481. The zero-order valence-corrected chi connectivity index (χ0v) is 13.3. The number of para-hydroxylation sites is 1. The summed E-state index contributed by atoms with van der Waals surface area (Å²) in [5.74, 6) is 1.28. The molecule has 0 spiro atoms. The monoisotopic (exact) mass is 338 g/mol. The number of fused-ring (bicyclic) bond motifs is 1. The first kappa shape index (κ1) is 15.1. The molecule has 0 saturated heterocycles. The summed E-state index contributed by atoms with van der Waals surface area (Å²) in [5, 5.41) is 18.4. The number of benzene rings is 1. The summed E-state index contributed by atoms with van der Waals surface area (Å²) in [6.07, 6.45) is 2.11. The van der Waals surface area contributed by atoms with Gasteiger partial charge >= 0.3 is 5.69 Å². The molecule has 126 valence electrons. The normalized spacial score (nSPS) is 12.9. The third-order valence-electron chi connectivity index (χ3n) is 4.00. The number of rotatable bonds is 4. The third-order valence-corrected chi connectivity index (χ3v) is 4.00. The molecule has 0 unspecified atom stereocenters. The minimum absolute atomic E-state index is 0.0766. The molecule has 1 aliphatic heterocycles. The van der Waals surface area contributed by atoms with E-state index in [2.05, 4.69) is 20.4 Å². The van der Waals surface area contributed by atoms with Crippen molar-refractivity contribution in [1.82, 2.24) is 15.1 Å². The van der Waals surface area contributed by atoms with Crippen LogP contribution in [0.1, 0.15) is 11.3 Å². The number of hydrogen-bond donors (Lipinski definition) is 1. The smallest absolute Gasteiger partial charge is 0.354 e. The highest BCUT2D eigenvalue weighted by Crippen LogP contribution is 2.40. The maximum absolute atomic E-state index is 11.7. The van der Waals surface area contributed by atoms with Gasteiger partial charge in [0.05, 0.1) is 4.92 Å². The molecule has 3 heterocycles. The zero-order valence-electron chi connectivity index (χ0n) is 13.3. The highest BCUT2D eigenvalue weighted by molar-refractivity contribution is 5.79. The van der Waals surface area contributed by atoms with E-state index in [1.165, 1.54) is 6.33 Å². The van der Waals surface area contributed by atoms with Crippen molar-refractivity contribution >= 4 is 28.8 Å². The highest BCUT2D eigenvalue weighted by Gasteiger charge is 2.31. The lowest BCUT2D eigenvalue weighted by Gasteiger charge is -2.18. The van der Waals surface area contributed by atoms with Gasteiger partial charge in [-0.05, 0) is 25.0 Å². The topological polar surface area (TPSA) is 110 Å². The average molecular weight is 338 g/mol. The lowest BCUT2D eigenvalue weighted by Crippen LogP contribution is -2.17. The van der Waals surface area contributed by atoms with Crippen LogP contribution in [0, 0.1) is 17.0 Å². The quantitative estimate of drug-likeness (QED) is 0.570. The molecule has 0 bridgehead atoms. The van der Waals surface area contributed by atoms with Gasteiger partial charge < -0.3 is 14.7 Å². The van der Waals surface area contributed by atoms with E-state index in [0.29, 0.717) is 18.1 Å². The maximum atomic E-state index is 11.7. The van der Waals surface area contributed by atoms with Crippen LogP contribution in [0.5, 0.6) is 0 Å². The van der Waals surface area contributed by atoms with Gasteiger partial charge in [0.25, 0.3) is 0 Å². The number of aryl methyl sites for hydroxylation is 1.